The SMILES string of the molecule is C=C(Cl)C(=O)N1CCC(n2c(Cc3ccccc3)nc3ccccc32)CC1. The van der Waals surface area contributed by atoms with E-state index in [1.54, 1.807) is 4.90 Å². The summed E-state index contributed by atoms with van der Waals surface area (Å²) in [5, 5.41) is 0.0892. The summed E-state index contributed by atoms with van der Waals surface area (Å²) in [7, 11) is 0. The van der Waals surface area contributed by atoms with Crippen LogP contribution in [-0.4, -0.2) is 33.4 Å². The molecule has 0 N–H and O–H groups in total. The lowest BCUT2D eigenvalue weighted by Gasteiger charge is -2.33. The third-order valence-corrected chi connectivity index (χ3v) is 5.38. The molecule has 4 rings (SSSR count). The van der Waals surface area contributed by atoms with E-state index in [1.807, 2.05) is 12.1 Å². The van der Waals surface area contributed by atoms with Crippen LogP contribution in [-0.2, 0) is 11.2 Å². The zero-order chi connectivity index (χ0) is 18.8. The molecule has 0 saturated carbocycles. The molecule has 138 valence electrons. The summed E-state index contributed by atoms with van der Waals surface area (Å²) in [6, 6.07) is 19.0. The normalized spacial score (nSPS) is 15.2. The lowest BCUT2D eigenvalue weighted by Crippen LogP contribution is -2.39. The van der Waals surface area contributed by atoms with Gasteiger partial charge in [0.25, 0.3) is 5.91 Å². The van der Waals surface area contributed by atoms with E-state index in [0.29, 0.717) is 19.1 Å². The minimum Gasteiger partial charge on any atom is -0.338 e. The van der Waals surface area contributed by atoms with Crippen molar-refractivity contribution in [3.8, 4) is 0 Å². The van der Waals surface area contributed by atoms with Gasteiger partial charge in [-0.05, 0) is 30.5 Å². The minimum absolute atomic E-state index is 0.0892. The Bertz CT molecular complexity index is 972. The zero-order valence-electron chi connectivity index (χ0n) is 15.1. The van der Waals surface area contributed by atoms with Gasteiger partial charge in [-0.15, -0.1) is 0 Å². The van der Waals surface area contributed by atoms with Crippen molar-refractivity contribution < 1.29 is 4.79 Å². The lowest BCUT2D eigenvalue weighted by atomic mass is 10.0. The number of likely N-dealkylation sites (tertiary alicyclic amines) is 1. The van der Waals surface area contributed by atoms with Crippen molar-refractivity contribution >= 4 is 28.5 Å². The number of hydrogen-bond acceptors (Lipinski definition) is 2. The molecule has 0 spiro atoms. The third kappa shape index (κ3) is 3.62. The molecule has 2 heterocycles. The fourth-order valence-corrected chi connectivity index (χ4v) is 4.02. The van der Waals surface area contributed by atoms with Crippen LogP contribution in [0.1, 0.15) is 30.3 Å². The quantitative estimate of drug-likeness (QED) is 0.624. The molecule has 4 nitrogen and oxygen atoms in total. The van der Waals surface area contributed by atoms with Gasteiger partial charge in [-0.1, -0.05) is 60.6 Å². The van der Waals surface area contributed by atoms with E-state index in [4.69, 9.17) is 16.6 Å². The summed E-state index contributed by atoms with van der Waals surface area (Å²) in [6.07, 6.45) is 2.57. The second-order valence-electron chi connectivity index (χ2n) is 6.98. The van der Waals surface area contributed by atoms with Gasteiger partial charge < -0.3 is 9.47 Å². The molecule has 0 radical (unpaired) electrons. The molecule has 0 unspecified atom stereocenters. The number of benzene rings is 2. The van der Waals surface area contributed by atoms with E-state index in [2.05, 4.69) is 53.6 Å². The van der Waals surface area contributed by atoms with Crippen molar-refractivity contribution in [3.05, 3.63) is 77.6 Å². The highest BCUT2D eigenvalue weighted by Crippen LogP contribution is 2.30. The second-order valence-corrected chi connectivity index (χ2v) is 7.43. The molecular weight excluding hydrogens is 358 g/mol. The lowest BCUT2D eigenvalue weighted by molar-refractivity contribution is -0.127. The largest absolute Gasteiger partial charge is 0.338 e. The molecule has 1 aliphatic heterocycles. The standard InChI is InChI=1S/C22H22ClN3O/c1-16(23)22(27)25-13-11-18(12-14-25)26-20-10-6-5-9-19(20)24-21(26)15-17-7-3-2-4-8-17/h2-10,18H,1,11-15H2. The molecule has 0 atom stereocenters. The fraction of sp³-hybridized carbons (Fsp3) is 0.273. The van der Waals surface area contributed by atoms with Crippen molar-refractivity contribution in [1.29, 1.82) is 0 Å². The van der Waals surface area contributed by atoms with Gasteiger partial charge in [0, 0.05) is 25.6 Å². The molecule has 27 heavy (non-hydrogen) atoms. The monoisotopic (exact) mass is 379 g/mol. The van der Waals surface area contributed by atoms with Crippen LogP contribution in [0.2, 0.25) is 0 Å². The number of carbonyl (C=O) groups is 1. The van der Waals surface area contributed by atoms with Gasteiger partial charge in [0.15, 0.2) is 0 Å². The average Bonchev–Trinajstić information content (AvgIpc) is 3.06. The van der Waals surface area contributed by atoms with Crippen LogP contribution >= 0.6 is 11.6 Å². The Morgan fingerprint density at radius 1 is 1.07 bits per heavy atom. The summed E-state index contributed by atoms with van der Waals surface area (Å²) in [5.74, 6) is 0.920. The summed E-state index contributed by atoms with van der Waals surface area (Å²) >= 11 is 5.79. The molecule has 1 aromatic heterocycles. The molecule has 1 fully saturated rings. The third-order valence-electron chi connectivity index (χ3n) is 5.22. The maximum atomic E-state index is 12.1. The molecule has 5 heteroatoms. The van der Waals surface area contributed by atoms with Gasteiger partial charge >= 0.3 is 0 Å². The van der Waals surface area contributed by atoms with Crippen LogP contribution < -0.4 is 0 Å². The molecule has 1 aliphatic rings. The number of imidazole rings is 1. The van der Waals surface area contributed by atoms with Gasteiger partial charge in [-0.3, -0.25) is 4.79 Å². The maximum Gasteiger partial charge on any atom is 0.264 e. The fourth-order valence-electron chi connectivity index (χ4n) is 3.90. The Kier molecular flexibility index (Phi) is 4.99. The van der Waals surface area contributed by atoms with Crippen molar-refractivity contribution in [1.82, 2.24) is 14.5 Å². The topological polar surface area (TPSA) is 38.1 Å². The van der Waals surface area contributed by atoms with Crippen LogP contribution in [0.4, 0.5) is 0 Å². The van der Waals surface area contributed by atoms with E-state index < -0.39 is 0 Å². The average molecular weight is 380 g/mol. The van der Waals surface area contributed by atoms with Crippen LogP contribution in [0.25, 0.3) is 11.0 Å². The number of halogens is 1. The Morgan fingerprint density at radius 3 is 2.44 bits per heavy atom. The van der Waals surface area contributed by atoms with Crippen molar-refractivity contribution in [3.63, 3.8) is 0 Å². The number of piperidine rings is 1. The first kappa shape index (κ1) is 17.8. The molecule has 3 aromatic rings. The number of nitrogens with zero attached hydrogens (tertiary/aromatic N) is 3. The van der Waals surface area contributed by atoms with Crippen LogP contribution in [0.5, 0.6) is 0 Å². The number of hydrogen-bond donors (Lipinski definition) is 0. The van der Waals surface area contributed by atoms with Crippen molar-refractivity contribution in [2.24, 2.45) is 0 Å². The number of aromatic nitrogens is 2. The number of rotatable bonds is 4. The highest BCUT2D eigenvalue weighted by atomic mass is 35.5. The van der Waals surface area contributed by atoms with Gasteiger partial charge in [-0.2, -0.15) is 0 Å². The summed E-state index contributed by atoms with van der Waals surface area (Å²) in [6.45, 7) is 4.93. The molecule has 0 bridgehead atoms. The van der Waals surface area contributed by atoms with Gasteiger partial charge in [0.1, 0.15) is 5.82 Å². The molecule has 1 saturated heterocycles. The zero-order valence-corrected chi connectivity index (χ0v) is 15.9. The predicted octanol–water partition coefficient (Wildman–Crippen LogP) is 4.54. The first-order chi connectivity index (χ1) is 13.1. The highest BCUT2D eigenvalue weighted by Gasteiger charge is 2.27. The first-order valence-electron chi connectivity index (χ1n) is 9.27. The van der Waals surface area contributed by atoms with Crippen LogP contribution in [0.15, 0.2) is 66.2 Å². The van der Waals surface area contributed by atoms with Gasteiger partial charge in [-0.25, -0.2) is 4.98 Å². The maximum absolute atomic E-state index is 12.1. The van der Waals surface area contributed by atoms with Gasteiger partial charge in [0.05, 0.1) is 16.1 Å². The van der Waals surface area contributed by atoms with Crippen molar-refractivity contribution in [2.45, 2.75) is 25.3 Å². The van der Waals surface area contributed by atoms with Gasteiger partial charge in [0.2, 0.25) is 0 Å². The molecular formula is C22H22ClN3O. The number of fused-ring (bicyclic) bond motifs is 1. The van der Waals surface area contributed by atoms with E-state index in [1.165, 1.54) is 5.56 Å². The van der Waals surface area contributed by atoms with Crippen LogP contribution in [0, 0.1) is 0 Å². The summed E-state index contributed by atoms with van der Waals surface area (Å²) in [5.41, 5.74) is 3.44. The Labute approximate surface area is 164 Å². The van der Waals surface area contributed by atoms with E-state index in [0.717, 1.165) is 36.1 Å². The summed E-state index contributed by atoms with van der Waals surface area (Å²) < 4.78 is 2.37. The second kappa shape index (κ2) is 7.57. The van der Waals surface area contributed by atoms with E-state index >= 15 is 0 Å². The van der Waals surface area contributed by atoms with Crippen LogP contribution in [0.3, 0.4) is 0 Å². The molecule has 2 aromatic carbocycles. The van der Waals surface area contributed by atoms with E-state index in [-0.39, 0.29) is 10.9 Å². The first-order valence-corrected chi connectivity index (χ1v) is 9.64. The van der Waals surface area contributed by atoms with E-state index in [9.17, 15) is 4.79 Å². The predicted molar refractivity (Wildman–Crippen MR) is 109 cm³/mol. The number of carbonyl (C=O) groups excluding carboxylic acids is 1. The van der Waals surface area contributed by atoms with Crippen molar-refractivity contribution in [2.75, 3.05) is 13.1 Å². The molecule has 0 aliphatic carbocycles. The smallest absolute Gasteiger partial charge is 0.264 e. The number of para-hydroxylation sites is 2. The Morgan fingerprint density at radius 2 is 1.74 bits per heavy atom. The minimum atomic E-state index is -0.157. The Balaban J connectivity index is 1.64. The highest BCUT2D eigenvalue weighted by molar-refractivity contribution is 6.41. The summed E-state index contributed by atoms with van der Waals surface area (Å²) in [4.78, 5) is 18.8. The molecule has 1 amide bonds. The Hall–Kier alpha value is -2.59. The number of amides is 1.